The Bertz CT molecular complexity index is 608. The second kappa shape index (κ2) is 6.63. The third kappa shape index (κ3) is 3.36. The maximum atomic E-state index is 13.8. The van der Waals surface area contributed by atoms with Gasteiger partial charge in [-0.2, -0.15) is 0 Å². The van der Waals surface area contributed by atoms with E-state index in [0.717, 1.165) is 6.42 Å². The van der Waals surface area contributed by atoms with E-state index >= 15 is 0 Å². The van der Waals surface area contributed by atoms with Crippen LogP contribution in [0.4, 0.5) is 13.2 Å². The van der Waals surface area contributed by atoms with E-state index in [1.807, 2.05) is 6.92 Å². The normalized spacial score (nSPS) is 12.2. The Hall–Kier alpha value is -2.01. The van der Waals surface area contributed by atoms with E-state index in [1.165, 1.54) is 0 Å². The van der Waals surface area contributed by atoms with Crippen LogP contribution in [0.2, 0.25) is 0 Å². The summed E-state index contributed by atoms with van der Waals surface area (Å²) in [5, 5.41) is 0. The predicted octanol–water partition coefficient (Wildman–Crippen LogP) is 3.94. The maximum absolute atomic E-state index is 13.8. The SMILES string of the molecule is CCCOc1ccccc1C(N)c1c(F)cc(F)cc1F. The number of benzene rings is 2. The average molecular weight is 295 g/mol. The molecule has 0 aliphatic carbocycles. The fraction of sp³-hybridized carbons (Fsp3) is 0.250. The molecule has 0 aromatic heterocycles. The van der Waals surface area contributed by atoms with Crippen molar-refractivity contribution >= 4 is 0 Å². The first-order chi connectivity index (χ1) is 10.0. The van der Waals surface area contributed by atoms with Gasteiger partial charge in [-0.15, -0.1) is 0 Å². The van der Waals surface area contributed by atoms with Crippen LogP contribution in [0.15, 0.2) is 36.4 Å². The molecule has 0 aliphatic heterocycles. The van der Waals surface area contributed by atoms with E-state index in [9.17, 15) is 13.2 Å². The highest BCUT2D eigenvalue weighted by molar-refractivity contribution is 5.42. The van der Waals surface area contributed by atoms with Gasteiger partial charge in [0.05, 0.1) is 12.6 Å². The van der Waals surface area contributed by atoms with Crippen molar-refractivity contribution in [3.63, 3.8) is 0 Å². The summed E-state index contributed by atoms with van der Waals surface area (Å²) in [5.74, 6) is -2.53. The minimum atomic E-state index is -1.07. The van der Waals surface area contributed by atoms with Crippen molar-refractivity contribution in [1.29, 1.82) is 0 Å². The summed E-state index contributed by atoms with van der Waals surface area (Å²) in [6, 6.07) is 6.94. The van der Waals surface area contributed by atoms with Gasteiger partial charge in [0, 0.05) is 23.3 Å². The Morgan fingerprint density at radius 1 is 1.10 bits per heavy atom. The van der Waals surface area contributed by atoms with Crippen LogP contribution < -0.4 is 10.5 Å². The zero-order valence-electron chi connectivity index (χ0n) is 11.6. The van der Waals surface area contributed by atoms with E-state index in [4.69, 9.17) is 10.5 Å². The Morgan fingerprint density at radius 2 is 1.71 bits per heavy atom. The van der Waals surface area contributed by atoms with Gasteiger partial charge in [-0.25, -0.2) is 13.2 Å². The molecule has 2 nitrogen and oxygen atoms in total. The van der Waals surface area contributed by atoms with E-state index < -0.39 is 23.5 Å². The molecule has 2 aromatic rings. The highest BCUT2D eigenvalue weighted by Gasteiger charge is 2.22. The number of hydrogen-bond acceptors (Lipinski definition) is 2. The van der Waals surface area contributed by atoms with Crippen LogP contribution in [0.3, 0.4) is 0 Å². The lowest BCUT2D eigenvalue weighted by Crippen LogP contribution is -2.17. The number of ether oxygens (including phenoxy) is 1. The molecular formula is C16H16F3NO. The fourth-order valence-electron chi connectivity index (χ4n) is 2.09. The van der Waals surface area contributed by atoms with Gasteiger partial charge in [0.2, 0.25) is 0 Å². The van der Waals surface area contributed by atoms with E-state index in [1.54, 1.807) is 24.3 Å². The summed E-state index contributed by atoms with van der Waals surface area (Å²) >= 11 is 0. The lowest BCUT2D eigenvalue weighted by Gasteiger charge is -2.18. The number of hydrogen-bond donors (Lipinski definition) is 1. The number of para-hydroxylation sites is 1. The van der Waals surface area contributed by atoms with Gasteiger partial charge in [0.15, 0.2) is 0 Å². The van der Waals surface area contributed by atoms with Crippen molar-refractivity contribution < 1.29 is 17.9 Å². The first-order valence-corrected chi connectivity index (χ1v) is 6.66. The third-order valence-corrected chi connectivity index (χ3v) is 3.07. The molecule has 2 N–H and O–H groups in total. The number of rotatable bonds is 5. The molecular weight excluding hydrogens is 279 g/mol. The maximum Gasteiger partial charge on any atom is 0.134 e. The summed E-state index contributed by atoms with van der Waals surface area (Å²) in [7, 11) is 0. The molecule has 0 aliphatic rings. The fourth-order valence-corrected chi connectivity index (χ4v) is 2.09. The van der Waals surface area contributed by atoms with Crippen molar-refractivity contribution in [1.82, 2.24) is 0 Å². The molecule has 112 valence electrons. The molecule has 2 aromatic carbocycles. The van der Waals surface area contributed by atoms with Crippen LogP contribution in [0.25, 0.3) is 0 Å². The molecule has 21 heavy (non-hydrogen) atoms. The minimum absolute atomic E-state index is 0.371. The zero-order chi connectivity index (χ0) is 15.4. The molecule has 0 saturated heterocycles. The summed E-state index contributed by atoms with van der Waals surface area (Å²) in [6.07, 6.45) is 0.794. The van der Waals surface area contributed by atoms with Crippen molar-refractivity contribution in [2.24, 2.45) is 5.73 Å². The molecule has 0 amide bonds. The van der Waals surface area contributed by atoms with Crippen molar-refractivity contribution in [2.75, 3.05) is 6.61 Å². The second-order valence-corrected chi connectivity index (χ2v) is 4.65. The monoisotopic (exact) mass is 295 g/mol. The van der Waals surface area contributed by atoms with Crippen LogP contribution in [0, 0.1) is 17.5 Å². The summed E-state index contributed by atoms with van der Waals surface area (Å²) in [4.78, 5) is 0. The largest absolute Gasteiger partial charge is 0.493 e. The highest BCUT2D eigenvalue weighted by atomic mass is 19.1. The summed E-state index contributed by atoms with van der Waals surface area (Å²) < 4.78 is 46.2. The Balaban J connectivity index is 2.43. The zero-order valence-corrected chi connectivity index (χ0v) is 11.6. The third-order valence-electron chi connectivity index (χ3n) is 3.07. The number of halogens is 3. The Kier molecular flexibility index (Phi) is 4.85. The molecule has 2 rings (SSSR count). The van der Waals surface area contributed by atoms with Gasteiger partial charge in [0.25, 0.3) is 0 Å². The summed E-state index contributed by atoms with van der Waals surface area (Å²) in [5.41, 5.74) is 6.04. The molecule has 0 saturated carbocycles. The van der Waals surface area contributed by atoms with Gasteiger partial charge in [-0.05, 0) is 12.5 Å². The molecule has 0 radical (unpaired) electrons. The first-order valence-electron chi connectivity index (χ1n) is 6.66. The second-order valence-electron chi connectivity index (χ2n) is 4.65. The first kappa shape index (κ1) is 15.4. The molecule has 0 bridgehead atoms. The predicted molar refractivity (Wildman–Crippen MR) is 74.6 cm³/mol. The van der Waals surface area contributed by atoms with Crippen molar-refractivity contribution in [3.05, 3.63) is 65.0 Å². The van der Waals surface area contributed by atoms with Crippen LogP contribution in [0.1, 0.15) is 30.5 Å². The lowest BCUT2D eigenvalue weighted by atomic mass is 9.97. The van der Waals surface area contributed by atoms with Gasteiger partial charge in [-0.1, -0.05) is 25.1 Å². The molecule has 0 heterocycles. The van der Waals surface area contributed by atoms with E-state index in [2.05, 4.69) is 0 Å². The van der Waals surface area contributed by atoms with Crippen LogP contribution >= 0.6 is 0 Å². The molecule has 0 spiro atoms. The van der Waals surface area contributed by atoms with Crippen LogP contribution in [-0.4, -0.2) is 6.61 Å². The van der Waals surface area contributed by atoms with E-state index in [0.29, 0.717) is 30.1 Å². The van der Waals surface area contributed by atoms with Crippen molar-refractivity contribution in [3.8, 4) is 5.75 Å². The molecule has 0 fully saturated rings. The highest BCUT2D eigenvalue weighted by Crippen LogP contribution is 2.31. The Morgan fingerprint density at radius 3 is 2.33 bits per heavy atom. The molecule has 5 heteroatoms. The van der Waals surface area contributed by atoms with Crippen LogP contribution in [-0.2, 0) is 0 Å². The quantitative estimate of drug-likeness (QED) is 0.906. The minimum Gasteiger partial charge on any atom is -0.493 e. The van der Waals surface area contributed by atoms with Crippen molar-refractivity contribution in [2.45, 2.75) is 19.4 Å². The van der Waals surface area contributed by atoms with Crippen LogP contribution in [0.5, 0.6) is 5.75 Å². The Labute approximate surface area is 121 Å². The summed E-state index contributed by atoms with van der Waals surface area (Å²) in [6.45, 7) is 2.42. The van der Waals surface area contributed by atoms with Gasteiger partial charge >= 0.3 is 0 Å². The lowest BCUT2D eigenvalue weighted by molar-refractivity contribution is 0.313. The molecule has 1 unspecified atom stereocenters. The van der Waals surface area contributed by atoms with E-state index in [-0.39, 0.29) is 5.56 Å². The van der Waals surface area contributed by atoms with Gasteiger partial charge in [0.1, 0.15) is 23.2 Å². The molecule has 1 atom stereocenters. The number of nitrogens with two attached hydrogens (primary N) is 1. The smallest absolute Gasteiger partial charge is 0.134 e. The van der Waals surface area contributed by atoms with Gasteiger partial charge < -0.3 is 10.5 Å². The van der Waals surface area contributed by atoms with Gasteiger partial charge in [-0.3, -0.25) is 0 Å². The topological polar surface area (TPSA) is 35.2 Å². The average Bonchev–Trinajstić information content (AvgIpc) is 2.44. The standard InChI is InChI=1S/C16H16F3NO/c1-2-7-21-14-6-4-3-5-11(14)16(20)15-12(18)8-10(17)9-13(15)19/h3-6,8-9,16H,2,7,20H2,1H3.